The fourth-order valence-electron chi connectivity index (χ4n) is 10.0. The number of carbonyl (C=O) groups excluding carboxylic acids is 3. The van der Waals surface area contributed by atoms with Gasteiger partial charge in [-0.05, 0) is 77.0 Å². The molecule has 0 aliphatic carbocycles. The van der Waals surface area contributed by atoms with Crippen molar-refractivity contribution in [2.75, 3.05) is 13.2 Å². The largest absolute Gasteiger partial charge is 0.462 e. The van der Waals surface area contributed by atoms with E-state index in [0.717, 1.165) is 103 Å². The first-order valence-corrected chi connectivity index (χ1v) is 34.6. The van der Waals surface area contributed by atoms with Crippen LogP contribution in [0.1, 0.15) is 348 Å². The van der Waals surface area contributed by atoms with Crippen LogP contribution in [0.15, 0.2) is 85.1 Å². The number of hydrogen-bond acceptors (Lipinski definition) is 6. The molecule has 0 aromatic carbocycles. The van der Waals surface area contributed by atoms with Gasteiger partial charge in [-0.25, -0.2) is 0 Å². The zero-order chi connectivity index (χ0) is 57.8. The molecular formula is C74H130O6. The monoisotopic (exact) mass is 1110 g/mol. The quantitative estimate of drug-likeness (QED) is 0.0261. The number of hydrogen-bond donors (Lipinski definition) is 0. The summed E-state index contributed by atoms with van der Waals surface area (Å²) >= 11 is 0. The molecule has 6 heteroatoms. The fourth-order valence-corrected chi connectivity index (χ4v) is 10.0. The van der Waals surface area contributed by atoms with Crippen molar-refractivity contribution in [1.82, 2.24) is 0 Å². The van der Waals surface area contributed by atoms with Gasteiger partial charge in [0.15, 0.2) is 6.10 Å². The highest BCUT2D eigenvalue weighted by Gasteiger charge is 2.19. The third-order valence-corrected chi connectivity index (χ3v) is 15.2. The highest BCUT2D eigenvalue weighted by atomic mass is 16.6. The summed E-state index contributed by atoms with van der Waals surface area (Å²) in [5.41, 5.74) is 0. The molecule has 0 amide bonds. The van der Waals surface area contributed by atoms with E-state index >= 15 is 0 Å². The molecule has 0 aromatic heterocycles. The van der Waals surface area contributed by atoms with Gasteiger partial charge < -0.3 is 14.2 Å². The number of rotatable bonds is 63. The predicted molar refractivity (Wildman–Crippen MR) is 348 cm³/mol. The van der Waals surface area contributed by atoms with Crippen LogP contribution < -0.4 is 0 Å². The Balaban J connectivity index is 4.11. The molecule has 0 radical (unpaired) electrons. The Hall–Kier alpha value is -3.41. The lowest BCUT2D eigenvalue weighted by Crippen LogP contribution is -2.30. The van der Waals surface area contributed by atoms with Gasteiger partial charge in [-0.15, -0.1) is 0 Å². The molecule has 0 spiro atoms. The molecule has 6 nitrogen and oxygen atoms in total. The molecule has 1 unspecified atom stereocenters. The molecule has 0 saturated heterocycles. The van der Waals surface area contributed by atoms with Gasteiger partial charge in [-0.3, -0.25) is 14.4 Å². The lowest BCUT2D eigenvalue weighted by molar-refractivity contribution is -0.167. The van der Waals surface area contributed by atoms with E-state index < -0.39 is 6.10 Å². The van der Waals surface area contributed by atoms with Crippen LogP contribution in [0.25, 0.3) is 0 Å². The topological polar surface area (TPSA) is 78.9 Å². The number of carbonyl (C=O) groups is 3. The first kappa shape index (κ1) is 76.6. The summed E-state index contributed by atoms with van der Waals surface area (Å²) in [7, 11) is 0. The molecule has 0 aliphatic rings. The molecule has 0 aromatic rings. The third-order valence-electron chi connectivity index (χ3n) is 15.2. The van der Waals surface area contributed by atoms with Crippen molar-refractivity contribution >= 4 is 17.9 Å². The number of esters is 3. The van der Waals surface area contributed by atoms with E-state index in [-0.39, 0.29) is 31.1 Å². The van der Waals surface area contributed by atoms with Gasteiger partial charge in [-0.2, -0.15) is 0 Å². The molecular weight excluding hydrogens is 985 g/mol. The molecule has 462 valence electrons. The molecule has 0 N–H and O–H groups in total. The van der Waals surface area contributed by atoms with Gasteiger partial charge in [0.1, 0.15) is 13.2 Å². The zero-order valence-electron chi connectivity index (χ0n) is 53.1. The predicted octanol–water partition coefficient (Wildman–Crippen LogP) is 23.8. The normalized spacial score (nSPS) is 12.6. The molecule has 0 bridgehead atoms. The fraction of sp³-hybridized carbons (Fsp3) is 0.770. The number of unbranched alkanes of at least 4 members (excludes halogenated alkanes) is 38. The van der Waals surface area contributed by atoms with E-state index in [4.69, 9.17) is 14.2 Å². The summed E-state index contributed by atoms with van der Waals surface area (Å²) < 4.78 is 16.9. The Morgan fingerprint density at radius 3 is 0.762 bits per heavy atom. The lowest BCUT2D eigenvalue weighted by atomic mass is 10.0. The second-order valence-electron chi connectivity index (χ2n) is 23.1. The maximum absolute atomic E-state index is 12.9. The number of ether oxygens (including phenoxy) is 3. The first-order valence-electron chi connectivity index (χ1n) is 34.6. The second-order valence-corrected chi connectivity index (χ2v) is 23.1. The summed E-state index contributed by atoms with van der Waals surface area (Å²) in [5, 5.41) is 0. The first-order chi connectivity index (χ1) is 39.5. The van der Waals surface area contributed by atoms with Crippen LogP contribution in [0, 0.1) is 0 Å². The molecule has 0 fully saturated rings. The standard InChI is InChI=1S/C74H130O6/c1-4-7-10-13-16-19-22-24-26-28-29-30-31-32-33-34-35-36-37-38-39-40-41-42-43-44-45-47-48-50-52-55-58-61-64-67-73(76)79-70-71(69-78-72(75)66-63-60-57-54-21-18-15-12-9-6-3)80-74(77)68-65-62-59-56-53-51-49-46-27-25-23-20-17-14-11-8-5-2/h7,10,16,19,24,26,29-30,32-33,35-36,38-39,71H,4-6,8-9,11-15,17-18,20-23,25,27-28,31,34,37,40-70H2,1-3H3/b10-7-,19-16-,26-24-,30-29-,33-32-,36-35-,39-38-. The Bertz CT molecular complexity index is 1520. The maximum atomic E-state index is 12.9. The van der Waals surface area contributed by atoms with Crippen LogP contribution in [-0.4, -0.2) is 37.2 Å². The van der Waals surface area contributed by atoms with Crippen molar-refractivity contribution in [3.63, 3.8) is 0 Å². The van der Waals surface area contributed by atoms with E-state index in [1.165, 1.54) is 205 Å². The Morgan fingerprint density at radius 1 is 0.263 bits per heavy atom. The van der Waals surface area contributed by atoms with Crippen molar-refractivity contribution in [1.29, 1.82) is 0 Å². The van der Waals surface area contributed by atoms with E-state index in [0.29, 0.717) is 19.3 Å². The van der Waals surface area contributed by atoms with Gasteiger partial charge in [0.05, 0.1) is 0 Å². The molecule has 0 rings (SSSR count). The van der Waals surface area contributed by atoms with E-state index in [9.17, 15) is 14.4 Å². The molecule has 0 aliphatic heterocycles. The number of allylic oxidation sites excluding steroid dienone is 14. The van der Waals surface area contributed by atoms with Crippen molar-refractivity contribution in [2.24, 2.45) is 0 Å². The highest BCUT2D eigenvalue weighted by Crippen LogP contribution is 2.18. The van der Waals surface area contributed by atoms with E-state index in [2.05, 4.69) is 106 Å². The van der Waals surface area contributed by atoms with Crippen molar-refractivity contribution in [3.8, 4) is 0 Å². The molecule has 0 heterocycles. The van der Waals surface area contributed by atoms with Crippen LogP contribution in [0.3, 0.4) is 0 Å². The van der Waals surface area contributed by atoms with E-state index in [1.807, 2.05) is 0 Å². The van der Waals surface area contributed by atoms with Crippen molar-refractivity contribution in [3.05, 3.63) is 85.1 Å². The van der Waals surface area contributed by atoms with Crippen molar-refractivity contribution < 1.29 is 28.6 Å². The summed E-state index contributed by atoms with van der Waals surface area (Å²) in [6.07, 6.45) is 90.4. The Labute approximate surface area is 496 Å². The average Bonchev–Trinajstić information content (AvgIpc) is 3.46. The average molecular weight is 1120 g/mol. The maximum Gasteiger partial charge on any atom is 0.306 e. The molecule has 0 saturated carbocycles. The minimum Gasteiger partial charge on any atom is -0.462 e. The van der Waals surface area contributed by atoms with Crippen LogP contribution in [0.5, 0.6) is 0 Å². The van der Waals surface area contributed by atoms with E-state index in [1.54, 1.807) is 0 Å². The smallest absolute Gasteiger partial charge is 0.306 e. The Kier molecular flexibility index (Phi) is 65.2. The van der Waals surface area contributed by atoms with Crippen LogP contribution in [0.4, 0.5) is 0 Å². The van der Waals surface area contributed by atoms with Crippen LogP contribution >= 0.6 is 0 Å². The van der Waals surface area contributed by atoms with Gasteiger partial charge in [0, 0.05) is 19.3 Å². The minimum atomic E-state index is -0.771. The van der Waals surface area contributed by atoms with Gasteiger partial charge in [-0.1, -0.05) is 337 Å². The van der Waals surface area contributed by atoms with Crippen LogP contribution in [0.2, 0.25) is 0 Å². The Morgan fingerprint density at radius 2 is 0.487 bits per heavy atom. The zero-order valence-corrected chi connectivity index (χ0v) is 53.1. The summed E-state index contributed by atoms with van der Waals surface area (Å²) in [4.78, 5) is 38.3. The summed E-state index contributed by atoms with van der Waals surface area (Å²) in [5.74, 6) is -0.853. The van der Waals surface area contributed by atoms with Crippen LogP contribution in [-0.2, 0) is 28.6 Å². The van der Waals surface area contributed by atoms with Gasteiger partial charge >= 0.3 is 17.9 Å². The highest BCUT2D eigenvalue weighted by molar-refractivity contribution is 5.71. The molecule has 1 atom stereocenters. The summed E-state index contributed by atoms with van der Waals surface area (Å²) in [6.45, 7) is 6.56. The third kappa shape index (κ3) is 65.4. The van der Waals surface area contributed by atoms with Gasteiger partial charge in [0.25, 0.3) is 0 Å². The minimum absolute atomic E-state index is 0.0697. The second kappa shape index (κ2) is 68.1. The van der Waals surface area contributed by atoms with Gasteiger partial charge in [0.2, 0.25) is 0 Å². The lowest BCUT2D eigenvalue weighted by Gasteiger charge is -2.18. The molecule has 80 heavy (non-hydrogen) atoms. The SMILES string of the molecule is CC/C=C\C/C=C\C/C=C\C/C=C\C/C=C\C/C=C\C/C=C\CCCCCCCCCCCCCCCC(=O)OCC(COC(=O)CCCCCCCCCCCC)OC(=O)CCCCCCCCCCCCCCCCCCC. The summed E-state index contributed by atoms with van der Waals surface area (Å²) in [6, 6.07) is 0. The van der Waals surface area contributed by atoms with Crippen molar-refractivity contribution in [2.45, 2.75) is 354 Å².